The van der Waals surface area contributed by atoms with Crippen LogP contribution in [0.5, 0.6) is 0 Å². The summed E-state index contributed by atoms with van der Waals surface area (Å²) in [4.78, 5) is 27.9. The zero-order valence-corrected chi connectivity index (χ0v) is 11.7. The van der Waals surface area contributed by atoms with Gasteiger partial charge in [0.05, 0.1) is 17.6 Å². The first kappa shape index (κ1) is 16.1. The van der Waals surface area contributed by atoms with Crippen LogP contribution in [-0.2, 0) is 24.4 Å². The van der Waals surface area contributed by atoms with Gasteiger partial charge >= 0.3 is 5.97 Å². The van der Waals surface area contributed by atoms with Crippen molar-refractivity contribution in [1.82, 2.24) is 4.89 Å². The summed E-state index contributed by atoms with van der Waals surface area (Å²) < 4.78 is 28.4. The summed E-state index contributed by atoms with van der Waals surface area (Å²) in [7, 11) is -2.85. The van der Waals surface area contributed by atoms with Gasteiger partial charge in [-0.2, -0.15) is 0 Å². The largest absolute Gasteiger partial charge is 0.465 e. The van der Waals surface area contributed by atoms with E-state index in [1.54, 1.807) is 11.8 Å². The molecule has 1 aromatic rings. The Balaban J connectivity index is 3.04. The van der Waals surface area contributed by atoms with Crippen molar-refractivity contribution in [3.8, 4) is 0 Å². The maximum Gasteiger partial charge on any atom is 0.337 e. The fourth-order valence-electron chi connectivity index (χ4n) is 1.36. The van der Waals surface area contributed by atoms with Crippen LogP contribution in [0.1, 0.15) is 15.9 Å². The minimum absolute atomic E-state index is 0.0772. The Morgan fingerprint density at radius 2 is 2.00 bits per heavy atom. The molecule has 8 nitrogen and oxygen atoms in total. The predicted octanol–water partition coefficient (Wildman–Crippen LogP) is -0.523. The van der Waals surface area contributed by atoms with Crippen molar-refractivity contribution in [3.63, 3.8) is 0 Å². The molecule has 0 aliphatic heterocycles. The van der Waals surface area contributed by atoms with E-state index >= 15 is 0 Å². The third-order valence-electron chi connectivity index (χ3n) is 2.28. The van der Waals surface area contributed by atoms with Crippen molar-refractivity contribution in [3.05, 3.63) is 29.3 Å². The van der Waals surface area contributed by atoms with Crippen LogP contribution in [0.15, 0.2) is 23.1 Å². The van der Waals surface area contributed by atoms with E-state index in [0.29, 0.717) is 5.56 Å². The van der Waals surface area contributed by atoms with E-state index in [4.69, 9.17) is 5.73 Å². The number of methoxy groups -OCH3 is 1. The van der Waals surface area contributed by atoms with Crippen molar-refractivity contribution in [2.75, 3.05) is 13.7 Å². The quantitative estimate of drug-likeness (QED) is 0.538. The van der Waals surface area contributed by atoms with Gasteiger partial charge in [0.2, 0.25) is 5.91 Å². The number of nitrogens with one attached hydrogen (secondary N) is 1. The standard InChI is InChI=1S/C11H14N2O6S/c1-7-3-4-8(11(15)18-2)5-9(7)20(16,17)13-19-6-10(12)14/h3-5,13H,6H2,1-2H3,(H2,12,14). The molecule has 20 heavy (non-hydrogen) atoms. The molecule has 0 atom stereocenters. The Morgan fingerprint density at radius 1 is 1.35 bits per heavy atom. The zero-order chi connectivity index (χ0) is 15.3. The van der Waals surface area contributed by atoms with Gasteiger partial charge in [0.25, 0.3) is 10.0 Å². The molecule has 1 rings (SSSR count). The Morgan fingerprint density at radius 3 is 2.55 bits per heavy atom. The third kappa shape index (κ3) is 4.02. The van der Waals surface area contributed by atoms with Crippen LogP contribution in [0.2, 0.25) is 0 Å². The summed E-state index contributed by atoms with van der Waals surface area (Å²) in [5.74, 6) is -1.49. The minimum Gasteiger partial charge on any atom is -0.465 e. The highest BCUT2D eigenvalue weighted by molar-refractivity contribution is 7.89. The molecular formula is C11H14N2O6S. The summed E-state index contributed by atoms with van der Waals surface area (Å²) in [6.07, 6.45) is 0. The van der Waals surface area contributed by atoms with E-state index in [-0.39, 0.29) is 10.5 Å². The molecule has 9 heteroatoms. The molecule has 0 spiro atoms. The van der Waals surface area contributed by atoms with Crippen LogP contribution >= 0.6 is 0 Å². The van der Waals surface area contributed by atoms with E-state index in [2.05, 4.69) is 9.57 Å². The number of hydrogen-bond acceptors (Lipinski definition) is 6. The average molecular weight is 302 g/mol. The SMILES string of the molecule is COC(=O)c1ccc(C)c(S(=O)(=O)NOCC(N)=O)c1. The Labute approximate surface area is 115 Å². The summed E-state index contributed by atoms with van der Waals surface area (Å²) in [5, 5.41) is 0. The number of aryl methyl sites for hydroxylation is 1. The fourth-order valence-corrected chi connectivity index (χ4v) is 2.44. The van der Waals surface area contributed by atoms with Crippen LogP contribution in [0, 0.1) is 6.92 Å². The monoisotopic (exact) mass is 302 g/mol. The van der Waals surface area contributed by atoms with E-state index in [1.165, 1.54) is 19.2 Å². The van der Waals surface area contributed by atoms with Gasteiger partial charge in [-0.1, -0.05) is 11.0 Å². The number of carbonyl (C=O) groups is 2. The lowest BCUT2D eigenvalue weighted by molar-refractivity contribution is -0.123. The molecule has 0 aliphatic carbocycles. The lowest BCUT2D eigenvalue weighted by Crippen LogP contribution is -2.30. The Bertz CT molecular complexity index is 626. The van der Waals surface area contributed by atoms with Crippen molar-refractivity contribution in [2.24, 2.45) is 5.73 Å². The van der Waals surface area contributed by atoms with Crippen molar-refractivity contribution >= 4 is 21.9 Å². The van der Waals surface area contributed by atoms with Gasteiger partial charge in [-0.15, -0.1) is 0 Å². The van der Waals surface area contributed by atoms with Gasteiger partial charge in [0, 0.05) is 0 Å². The number of nitrogens with two attached hydrogens (primary N) is 1. The highest BCUT2D eigenvalue weighted by atomic mass is 32.2. The second kappa shape index (κ2) is 6.46. The first-order valence-electron chi connectivity index (χ1n) is 5.39. The highest BCUT2D eigenvalue weighted by Gasteiger charge is 2.19. The normalized spacial score (nSPS) is 11.1. The van der Waals surface area contributed by atoms with Crippen molar-refractivity contribution in [1.29, 1.82) is 0 Å². The van der Waals surface area contributed by atoms with E-state index in [9.17, 15) is 18.0 Å². The molecule has 1 amide bonds. The van der Waals surface area contributed by atoms with Crippen LogP contribution in [0.25, 0.3) is 0 Å². The zero-order valence-electron chi connectivity index (χ0n) is 10.9. The number of benzene rings is 1. The van der Waals surface area contributed by atoms with Gasteiger partial charge < -0.3 is 10.5 Å². The first-order valence-corrected chi connectivity index (χ1v) is 6.87. The van der Waals surface area contributed by atoms with Gasteiger partial charge in [0.15, 0.2) is 0 Å². The van der Waals surface area contributed by atoms with Gasteiger partial charge in [-0.25, -0.2) is 13.2 Å². The fraction of sp³-hybridized carbons (Fsp3) is 0.273. The maximum absolute atomic E-state index is 12.0. The molecule has 0 aromatic heterocycles. The molecule has 0 saturated carbocycles. The molecule has 0 heterocycles. The van der Waals surface area contributed by atoms with Crippen molar-refractivity contribution < 1.29 is 27.6 Å². The highest BCUT2D eigenvalue weighted by Crippen LogP contribution is 2.17. The Kier molecular flexibility index (Phi) is 5.19. The third-order valence-corrected chi connectivity index (χ3v) is 3.64. The van der Waals surface area contributed by atoms with Crippen LogP contribution in [-0.4, -0.2) is 34.0 Å². The molecule has 0 fully saturated rings. The summed E-state index contributed by atoms with van der Waals surface area (Å²) in [5.41, 5.74) is 5.29. The Hall–Kier alpha value is -1.97. The first-order chi connectivity index (χ1) is 9.27. The predicted molar refractivity (Wildman–Crippen MR) is 68.0 cm³/mol. The molecule has 3 N–H and O–H groups in total. The second-order valence-corrected chi connectivity index (χ2v) is 5.43. The number of hydrogen-bond donors (Lipinski definition) is 2. The van der Waals surface area contributed by atoms with Crippen LogP contribution < -0.4 is 10.6 Å². The number of amides is 1. The van der Waals surface area contributed by atoms with Crippen LogP contribution in [0.4, 0.5) is 0 Å². The molecule has 0 radical (unpaired) electrons. The van der Waals surface area contributed by atoms with E-state index in [0.717, 1.165) is 6.07 Å². The maximum atomic E-state index is 12.0. The van der Waals surface area contributed by atoms with Gasteiger partial charge in [-0.3, -0.25) is 9.63 Å². The second-order valence-electron chi connectivity index (χ2n) is 3.81. The summed E-state index contributed by atoms with van der Waals surface area (Å²) in [6.45, 7) is 0.943. The number of primary amides is 1. The lowest BCUT2D eigenvalue weighted by Gasteiger charge is -2.10. The topological polar surface area (TPSA) is 125 Å². The molecule has 0 aliphatic rings. The molecule has 110 valence electrons. The van der Waals surface area contributed by atoms with E-state index in [1.807, 2.05) is 0 Å². The average Bonchev–Trinajstić information content (AvgIpc) is 2.37. The number of ether oxygens (including phenoxy) is 1. The smallest absolute Gasteiger partial charge is 0.337 e. The molecule has 0 unspecified atom stereocenters. The van der Waals surface area contributed by atoms with Crippen LogP contribution in [0.3, 0.4) is 0 Å². The molecule has 1 aromatic carbocycles. The number of sulfonamides is 1. The number of esters is 1. The summed E-state index contributed by atoms with van der Waals surface area (Å²) >= 11 is 0. The number of rotatable bonds is 6. The molecular weight excluding hydrogens is 288 g/mol. The van der Waals surface area contributed by atoms with Crippen molar-refractivity contribution in [2.45, 2.75) is 11.8 Å². The summed E-state index contributed by atoms with van der Waals surface area (Å²) in [6, 6.07) is 4.04. The number of carbonyl (C=O) groups excluding carboxylic acids is 2. The van der Waals surface area contributed by atoms with Gasteiger partial charge in [-0.05, 0) is 24.6 Å². The minimum atomic E-state index is -4.04. The van der Waals surface area contributed by atoms with Gasteiger partial charge in [0.1, 0.15) is 6.61 Å². The molecule has 0 bridgehead atoms. The lowest BCUT2D eigenvalue weighted by atomic mass is 10.1. The molecule has 0 saturated heterocycles. The van der Waals surface area contributed by atoms with E-state index < -0.39 is 28.5 Å².